The predicted octanol–water partition coefficient (Wildman–Crippen LogP) is 2.69. The van der Waals surface area contributed by atoms with E-state index in [-0.39, 0.29) is 17.8 Å². The second-order valence-corrected chi connectivity index (χ2v) is 4.20. The smallest absolute Gasteiger partial charge is 0.313 e. The Labute approximate surface area is 96.8 Å². The van der Waals surface area contributed by atoms with Gasteiger partial charge in [-0.05, 0) is 37.5 Å². The monoisotopic (exact) mass is 221 g/mol. The Morgan fingerprint density at radius 3 is 2.69 bits per heavy atom. The van der Waals surface area contributed by atoms with Gasteiger partial charge in [0.1, 0.15) is 0 Å². The van der Waals surface area contributed by atoms with Crippen LogP contribution >= 0.6 is 0 Å². The average Bonchev–Trinajstić information content (AvgIpc) is 2.17. The molecule has 1 heterocycles. The Morgan fingerprint density at radius 1 is 1.50 bits per heavy atom. The largest absolute Gasteiger partial charge is 0.466 e. The molecule has 0 N–H and O–H groups in total. The SMILES string of the molecule is CCOC(=O)C(c1ccnc(C)c1)C(C)C. The van der Waals surface area contributed by atoms with E-state index in [1.165, 1.54) is 0 Å². The highest BCUT2D eigenvalue weighted by Gasteiger charge is 2.25. The maximum absolute atomic E-state index is 11.9. The zero-order chi connectivity index (χ0) is 12.1. The van der Waals surface area contributed by atoms with Crippen LogP contribution in [0.1, 0.15) is 37.9 Å². The van der Waals surface area contributed by atoms with Crippen molar-refractivity contribution < 1.29 is 9.53 Å². The summed E-state index contributed by atoms with van der Waals surface area (Å²) in [6.07, 6.45) is 1.74. The first-order valence-electron chi connectivity index (χ1n) is 5.65. The maximum atomic E-state index is 11.9. The molecule has 1 atom stereocenters. The fourth-order valence-corrected chi connectivity index (χ4v) is 1.79. The summed E-state index contributed by atoms with van der Waals surface area (Å²) in [5, 5.41) is 0. The van der Waals surface area contributed by atoms with Gasteiger partial charge in [-0.25, -0.2) is 0 Å². The summed E-state index contributed by atoms with van der Waals surface area (Å²) in [7, 11) is 0. The fourth-order valence-electron chi connectivity index (χ4n) is 1.79. The van der Waals surface area contributed by atoms with Crippen LogP contribution in [0.5, 0.6) is 0 Å². The molecule has 3 heteroatoms. The summed E-state index contributed by atoms with van der Waals surface area (Å²) in [6, 6.07) is 3.83. The molecule has 0 fully saturated rings. The Hall–Kier alpha value is -1.38. The Kier molecular flexibility index (Phi) is 4.47. The van der Waals surface area contributed by atoms with Crippen molar-refractivity contribution in [3.8, 4) is 0 Å². The van der Waals surface area contributed by atoms with Crippen molar-refractivity contribution in [2.45, 2.75) is 33.6 Å². The Bertz CT molecular complexity index is 361. The van der Waals surface area contributed by atoms with Crippen molar-refractivity contribution in [3.63, 3.8) is 0 Å². The molecular formula is C13H19NO2. The average molecular weight is 221 g/mol. The van der Waals surface area contributed by atoms with Crippen LogP contribution in [0.2, 0.25) is 0 Å². The molecule has 0 saturated heterocycles. The van der Waals surface area contributed by atoms with Gasteiger partial charge >= 0.3 is 5.97 Å². The minimum absolute atomic E-state index is 0.150. The number of rotatable bonds is 4. The van der Waals surface area contributed by atoms with Gasteiger partial charge in [0.15, 0.2) is 0 Å². The lowest BCUT2D eigenvalue weighted by atomic mass is 9.89. The number of aryl methyl sites for hydroxylation is 1. The molecule has 0 radical (unpaired) electrons. The molecule has 0 aromatic carbocycles. The second-order valence-electron chi connectivity index (χ2n) is 4.20. The van der Waals surface area contributed by atoms with Gasteiger partial charge in [0, 0.05) is 11.9 Å². The van der Waals surface area contributed by atoms with E-state index in [1.807, 2.05) is 39.8 Å². The van der Waals surface area contributed by atoms with Crippen molar-refractivity contribution in [2.24, 2.45) is 5.92 Å². The first kappa shape index (κ1) is 12.7. The lowest BCUT2D eigenvalue weighted by Crippen LogP contribution is -2.21. The molecule has 0 spiro atoms. The van der Waals surface area contributed by atoms with Crippen LogP contribution in [0.15, 0.2) is 18.3 Å². The van der Waals surface area contributed by atoms with E-state index in [9.17, 15) is 4.79 Å². The van der Waals surface area contributed by atoms with Gasteiger partial charge < -0.3 is 4.74 Å². The normalized spacial score (nSPS) is 12.6. The number of hydrogen-bond donors (Lipinski definition) is 0. The van der Waals surface area contributed by atoms with Crippen LogP contribution in [0.4, 0.5) is 0 Å². The number of ether oxygens (including phenoxy) is 1. The van der Waals surface area contributed by atoms with Crippen molar-refractivity contribution in [1.29, 1.82) is 0 Å². The number of hydrogen-bond acceptors (Lipinski definition) is 3. The van der Waals surface area contributed by atoms with Crippen molar-refractivity contribution in [1.82, 2.24) is 4.98 Å². The number of pyridine rings is 1. The quantitative estimate of drug-likeness (QED) is 0.734. The van der Waals surface area contributed by atoms with Crippen LogP contribution in [0.25, 0.3) is 0 Å². The van der Waals surface area contributed by atoms with Crippen LogP contribution in [-0.2, 0) is 9.53 Å². The fraction of sp³-hybridized carbons (Fsp3) is 0.538. The van der Waals surface area contributed by atoms with E-state index in [4.69, 9.17) is 4.74 Å². The van der Waals surface area contributed by atoms with Crippen LogP contribution in [-0.4, -0.2) is 17.6 Å². The van der Waals surface area contributed by atoms with Crippen molar-refractivity contribution >= 4 is 5.97 Å². The molecule has 1 aromatic rings. The van der Waals surface area contributed by atoms with Crippen LogP contribution in [0.3, 0.4) is 0 Å². The molecular weight excluding hydrogens is 202 g/mol. The van der Waals surface area contributed by atoms with Crippen molar-refractivity contribution in [2.75, 3.05) is 6.61 Å². The topological polar surface area (TPSA) is 39.2 Å². The number of carbonyl (C=O) groups excluding carboxylic acids is 1. The van der Waals surface area contributed by atoms with Crippen LogP contribution in [0, 0.1) is 12.8 Å². The maximum Gasteiger partial charge on any atom is 0.313 e. The zero-order valence-corrected chi connectivity index (χ0v) is 10.4. The molecule has 88 valence electrons. The number of aromatic nitrogens is 1. The highest BCUT2D eigenvalue weighted by Crippen LogP contribution is 2.25. The van der Waals surface area contributed by atoms with Gasteiger partial charge in [-0.2, -0.15) is 0 Å². The van der Waals surface area contributed by atoms with E-state index in [1.54, 1.807) is 6.20 Å². The highest BCUT2D eigenvalue weighted by atomic mass is 16.5. The summed E-state index contributed by atoms with van der Waals surface area (Å²) < 4.78 is 5.10. The number of esters is 1. The van der Waals surface area contributed by atoms with E-state index in [0.29, 0.717) is 6.61 Å². The highest BCUT2D eigenvalue weighted by molar-refractivity contribution is 5.78. The summed E-state index contributed by atoms with van der Waals surface area (Å²) in [5.41, 5.74) is 1.91. The van der Waals surface area contributed by atoms with Gasteiger partial charge in [0.05, 0.1) is 12.5 Å². The standard InChI is InChI=1S/C13H19NO2/c1-5-16-13(15)12(9(2)3)11-6-7-14-10(4)8-11/h6-9,12H,5H2,1-4H3. The van der Waals surface area contributed by atoms with Gasteiger partial charge in [-0.1, -0.05) is 13.8 Å². The molecule has 0 saturated carbocycles. The third-order valence-electron chi connectivity index (χ3n) is 2.49. The molecule has 0 aliphatic heterocycles. The van der Waals surface area contributed by atoms with E-state index in [2.05, 4.69) is 4.98 Å². The molecule has 0 aliphatic rings. The van der Waals surface area contributed by atoms with E-state index >= 15 is 0 Å². The van der Waals surface area contributed by atoms with Gasteiger partial charge in [0.2, 0.25) is 0 Å². The number of carbonyl (C=O) groups is 1. The Balaban J connectivity index is 2.98. The predicted molar refractivity (Wildman–Crippen MR) is 63.2 cm³/mol. The van der Waals surface area contributed by atoms with Gasteiger partial charge in [-0.3, -0.25) is 9.78 Å². The molecule has 1 rings (SSSR count). The molecule has 1 unspecified atom stereocenters. The van der Waals surface area contributed by atoms with Gasteiger partial charge in [-0.15, -0.1) is 0 Å². The lowest BCUT2D eigenvalue weighted by Gasteiger charge is -2.19. The molecule has 16 heavy (non-hydrogen) atoms. The summed E-state index contributed by atoms with van der Waals surface area (Å²) in [4.78, 5) is 16.0. The third kappa shape index (κ3) is 3.05. The molecule has 0 bridgehead atoms. The minimum atomic E-state index is -0.193. The van der Waals surface area contributed by atoms with Crippen molar-refractivity contribution in [3.05, 3.63) is 29.6 Å². The first-order chi connectivity index (χ1) is 7.56. The second kappa shape index (κ2) is 5.64. The summed E-state index contributed by atoms with van der Waals surface area (Å²) in [6.45, 7) is 8.22. The molecule has 3 nitrogen and oxygen atoms in total. The third-order valence-corrected chi connectivity index (χ3v) is 2.49. The van der Waals surface area contributed by atoms with Gasteiger partial charge in [0.25, 0.3) is 0 Å². The number of nitrogens with zero attached hydrogens (tertiary/aromatic N) is 1. The molecule has 0 amide bonds. The summed E-state index contributed by atoms with van der Waals surface area (Å²) in [5.74, 6) is -0.120. The first-order valence-corrected chi connectivity index (χ1v) is 5.65. The lowest BCUT2D eigenvalue weighted by molar-refractivity contribution is -0.146. The van der Waals surface area contributed by atoms with E-state index < -0.39 is 0 Å². The molecule has 1 aromatic heterocycles. The minimum Gasteiger partial charge on any atom is -0.466 e. The summed E-state index contributed by atoms with van der Waals surface area (Å²) >= 11 is 0. The van der Waals surface area contributed by atoms with Crippen LogP contribution < -0.4 is 0 Å². The molecule has 0 aliphatic carbocycles. The van der Waals surface area contributed by atoms with E-state index in [0.717, 1.165) is 11.3 Å². The zero-order valence-electron chi connectivity index (χ0n) is 10.4. The Morgan fingerprint density at radius 2 is 2.19 bits per heavy atom.